The highest BCUT2D eigenvalue weighted by Crippen LogP contribution is 2.41. The first kappa shape index (κ1) is 18.2. The van der Waals surface area contributed by atoms with Gasteiger partial charge < -0.3 is 31.7 Å². The van der Waals surface area contributed by atoms with E-state index < -0.39 is 0 Å². The number of halogens is 1. The molecule has 1 N–H and O–H groups in total. The van der Waals surface area contributed by atoms with Crippen LogP contribution in [-0.2, 0) is 7.05 Å². The van der Waals surface area contributed by atoms with E-state index in [1.807, 2.05) is 36.0 Å². The summed E-state index contributed by atoms with van der Waals surface area (Å²) in [6.07, 6.45) is 3.58. The molecule has 5 nitrogen and oxygen atoms in total. The van der Waals surface area contributed by atoms with Crippen LogP contribution < -0.4 is 31.2 Å². The quantitative estimate of drug-likeness (QED) is 0.319. The molecule has 2 heterocycles. The number of phenolic OH excluding ortho intramolecular Hbond substituents is 1. The normalized spacial score (nSPS) is 12.3. The van der Waals surface area contributed by atoms with Gasteiger partial charge in [0.15, 0.2) is 29.2 Å². The van der Waals surface area contributed by atoms with Crippen LogP contribution in [0.3, 0.4) is 0 Å². The smallest absolute Gasteiger partial charge is 0.231 e. The van der Waals surface area contributed by atoms with Crippen molar-refractivity contribution in [2.45, 2.75) is 0 Å². The molecule has 5 rings (SSSR count). The van der Waals surface area contributed by atoms with Gasteiger partial charge in [0.05, 0.1) is 16.2 Å². The van der Waals surface area contributed by atoms with Gasteiger partial charge in [-0.05, 0) is 35.7 Å². The summed E-state index contributed by atoms with van der Waals surface area (Å²) in [6, 6.07) is 11.9. The van der Waals surface area contributed by atoms with Crippen molar-refractivity contribution in [3.63, 3.8) is 0 Å². The molecular formula is C22H18ClNO4. The van der Waals surface area contributed by atoms with Gasteiger partial charge in [0.2, 0.25) is 12.3 Å². The average Bonchev–Trinajstić information content (AvgIpc) is 3.13. The maximum absolute atomic E-state index is 10.7. The Morgan fingerprint density at radius 1 is 1.07 bits per heavy atom. The molecule has 1 aliphatic rings. The average molecular weight is 396 g/mol. The molecule has 0 fully saturated rings. The summed E-state index contributed by atoms with van der Waals surface area (Å²) in [4.78, 5) is 0. The second kappa shape index (κ2) is 6.77. The molecule has 6 heteroatoms. The van der Waals surface area contributed by atoms with Crippen LogP contribution in [0.4, 0.5) is 0 Å². The third-order valence-corrected chi connectivity index (χ3v) is 4.99. The van der Waals surface area contributed by atoms with Crippen molar-refractivity contribution in [3.8, 4) is 23.0 Å². The molecule has 0 atom stereocenters. The van der Waals surface area contributed by atoms with Crippen LogP contribution in [0.25, 0.3) is 32.4 Å². The van der Waals surface area contributed by atoms with Crippen molar-refractivity contribution in [1.82, 2.24) is 0 Å². The summed E-state index contributed by atoms with van der Waals surface area (Å²) < 4.78 is 18.6. The lowest BCUT2D eigenvalue weighted by Gasteiger charge is -2.11. The minimum absolute atomic E-state index is 0. The van der Waals surface area contributed by atoms with Crippen molar-refractivity contribution >= 4 is 32.4 Å². The van der Waals surface area contributed by atoms with Crippen molar-refractivity contribution in [2.24, 2.45) is 7.05 Å². The third-order valence-electron chi connectivity index (χ3n) is 4.99. The van der Waals surface area contributed by atoms with Gasteiger partial charge in [0.25, 0.3) is 0 Å². The number of aromatic hydroxyl groups is 1. The molecule has 4 aromatic rings. The predicted octanol–water partition coefficient (Wildman–Crippen LogP) is 0.974. The highest BCUT2D eigenvalue weighted by atomic mass is 35.5. The molecule has 1 aromatic heterocycles. The first-order chi connectivity index (χ1) is 13.2. The number of pyridine rings is 1. The lowest BCUT2D eigenvalue weighted by Crippen LogP contribution is -3.00. The summed E-state index contributed by atoms with van der Waals surface area (Å²) in [7, 11) is 1.97. The molecule has 142 valence electrons. The lowest BCUT2D eigenvalue weighted by atomic mass is 10.00. The van der Waals surface area contributed by atoms with E-state index in [4.69, 9.17) is 14.2 Å². The Balaban J connectivity index is 0.00000192. The number of nitrogens with zero attached hydrogens (tertiary/aromatic N) is 1. The molecule has 0 unspecified atom stereocenters. The predicted molar refractivity (Wildman–Crippen MR) is 104 cm³/mol. The van der Waals surface area contributed by atoms with E-state index in [0.717, 1.165) is 43.9 Å². The van der Waals surface area contributed by atoms with E-state index in [0.29, 0.717) is 12.4 Å². The fourth-order valence-electron chi connectivity index (χ4n) is 3.77. The van der Waals surface area contributed by atoms with Gasteiger partial charge in [-0.1, -0.05) is 18.7 Å². The number of ether oxygens (including phenoxy) is 3. The zero-order valence-corrected chi connectivity index (χ0v) is 16.0. The van der Waals surface area contributed by atoms with Crippen molar-refractivity contribution in [2.75, 3.05) is 13.4 Å². The Bertz CT molecular complexity index is 1250. The molecule has 0 radical (unpaired) electrons. The minimum atomic E-state index is 0. The van der Waals surface area contributed by atoms with Crippen LogP contribution in [-0.4, -0.2) is 18.5 Å². The highest BCUT2D eigenvalue weighted by Gasteiger charge is 2.21. The number of phenols is 1. The maximum atomic E-state index is 10.7. The summed E-state index contributed by atoms with van der Waals surface area (Å²) >= 11 is 0. The van der Waals surface area contributed by atoms with Crippen LogP contribution in [0.2, 0.25) is 0 Å². The SMILES string of the molecule is C=CCOc1ccc2c(c[n+](C)c3c4cc5c(cc4ccc23)OCO5)c1O.[Cl-]. The van der Waals surface area contributed by atoms with Crippen LogP contribution in [0, 0.1) is 0 Å². The number of aromatic nitrogens is 1. The third kappa shape index (κ3) is 2.59. The number of rotatable bonds is 3. The summed E-state index contributed by atoms with van der Waals surface area (Å²) in [5.74, 6) is 2.11. The molecule has 3 aromatic carbocycles. The molecule has 0 saturated heterocycles. The molecule has 0 saturated carbocycles. The number of hydrogen-bond donors (Lipinski definition) is 1. The summed E-state index contributed by atoms with van der Waals surface area (Å²) in [6.45, 7) is 4.24. The number of benzene rings is 3. The van der Waals surface area contributed by atoms with Gasteiger partial charge in [-0.2, -0.15) is 4.57 Å². The second-order valence-corrected chi connectivity index (χ2v) is 6.60. The van der Waals surface area contributed by atoms with Crippen molar-refractivity contribution < 1.29 is 36.3 Å². The van der Waals surface area contributed by atoms with Gasteiger partial charge >= 0.3 is 0 Å². The highest BCUT2D eigenvalue weighted by molar-refractivity contribution is 6.15. The van der Waals surface area contributed by atoms with Crippen LogP contribution >= 0.6 is 0 Å². The Morgan fingerprint density at radius 2 is 1.82 bits per heavy atom. The monoisotopic (exact) mass is 395 g/mol. The first-order valence-electron chi connectivity index (χ1n) is 8.71. The van der Waals surface area contributed by atoms with E-state index in [-0.39, 0.29) is 24.9 Å². The van der Waals surface area contributed by atoms with Gasteiger partial charge in [-0.15, -0.1) is 0 Å². The standard InChI is InChI=1S/C22H17NO4.ClH/c1-3-8-25-18-7-6-14-15-5-4-13-9-19-20(27-12-26-19)10-16(13)21(15)23(2)11-17(14)22(18)24;/h3-7,9-11H,1,8,12H2,2H3;1H. The van der Waals surface area contributed by atoms with Gasteiger partial charge in [-0.25, -0.2) is 0 Å². The van der Waals surface area contributed by atoms with E-state index >= 15 is 0 Å². The molecule has 0 aliphatic carbocycles. The van der Waals surface area contributed by atoms with Gasteiger partial charge in [0, 0.05) is 5.39 Å². The van der Waals surface area contributed by atoms with Crippen LogP contribution in [0.5, 0.6) is 23.0 Å². The molecule has 0 spiro atoms. The number of aryl methyl sites for hydroxylation is 1. The Kier molecular flexibility index (Phi) is 4.40. The number of fused-ring (bicyclic) bond motifs is 6. The molecule has 0 amide bonds. The van der Waals surface area contributed by atoms with Gasteiger partial charge in [-0.3, -0.25) is 0 Å². The zero-order valence-electron chi connectivity index (χ0n) is 15.2. The molecule has 28 heavy (non-hydrogen) atoms. The number of hydrogen-bond acceptors (Lipinski definition) is 4. The van der Waals surface area contributed by atoms with E-state index in [1.165, 1.54) is 0 Å². The summed E-state index contributed by atoms with van der Waals surface area (Å²) in [5.41, 5.74) is 1.07. The molecule has 1 aliphatic heterocycles. The Hall–Kier alpha value is -3.18. The molecular weight excluding hydrogens is 378 g/mol. The van der Waals surface area contributed by atoms with E-state index in [9.17, 15) is 5.11 Å². The minimum Gasteiger partial charge on any atom is -1.00 e. The van der Waals surface area contributed by atoms with Crippen molar-refractivity contribution in [1.29, 1.82) is 0 Å². The lowest BCUT2D eigenvalue weighted by molar-refractivity contribution is -0.642. The van der Waals surface area contributed by atoms with Crippen LogP contribution in [0.1, 0.15) is 0 Å². The van der Waals surface area contributed by atoms with Crippen molar-refractivity contribution in [3.05, 3.63) is 55.3 Å². The second-order valence-electron chi connectivity index (χ2n) is 6.60. The molecule has 0 bridgehead atoms. The van der Waals surface area contributed by atoms with E-state index in [2.05, 4.69) is 18.7 Å². The maximum Gasteiger partial charge on any atom is 0.231 e. The largest absolute Gasteiger partial charge is 1.00 e. The van der Waals surface area contributed by atoms with Gasteiger partial charge in [0.1, 0.15) is 13.7 Å². The summed E-state index contributed by atoms with van der Waals surface area (Å²) in [5, 5.41) is 15.6. The van der Waals surface area contributed by atoms with E-state index in [1.54, 1.807) is 12.1 Å². The zero-order chi connectivity index (χ0) is 18.5. The topological polar surface area (TPSA) is 51.8 Å². The Labute approximate surface area is 167 Å². The first-order valence-corrected chi connectivity index (χ1v) is 8.71. The van der Waals surface area contributed by atoms with Crippen LogP contribution in [0.15, 0.2) is 55.3 Å². The fraction of sp³-hybridized carbons (Fsp3) is 0.136. The Morgan fingerprint density at radius 3 is 2.61 bits per heavy atom. The fourth-order valence-corrected chi connectivity index (χ4v) is 3.77.